The number of sulfonamides is 1. The zero-order chi connectivity index (χ0) is 18.9. The van der Waals surface area contributed by atoms with Gasteiger partial charge < -0.3 is 5.32 Å². The number of aromatic nitrogens is 3. The summed E-state index contributed by atoms with van der Waals surface area (Å²) < 4.78 is 26.9. The van der Waals surface area contributed by atoms with Gasteiger partial charge in [0.25, 0.3) is 5.91 Å². The van der Waals surface area contributed by atoms with Crippen molar-refractivity contribution >= 4 is 27.3 Å². The molecule has 4 rings (SSSR count). The molecule has 9 heteroatoms. The van der Waals surface area contributed by atoms with Crippen molar-refractivity contribution in [3.05, 3.63) is 66.6 Å². The van der Waals surface area contributed by atoms with Crippen molar-refractivity contribution < 1.29 is 13.2 Å². The fraction of sp³-hybridized carbons (Fsp3) is 0.167. The number of hydrogen-bond acceptors (Lipinski definition) is 5. The number of amides is 1. The largest absolute Gasteiger partial charge is 0.322 e. The average molecular weight is 383 g/mol. The smallest absolute Gasteiger partial charge is 0.257 e. The van der Waals surface area contributed by atoms with Gasteiger partial charge in [-0.25, -0.2) is 18.1 Å². The van der Waals surface area contributed by atoms with Crippen molar-refractivity contribution in [1.82, 2.24) is 14.8 Å². The number of carbonyl (C=O) groups excluding carboxylic acids is 1. The third kappa shape index (κ3) is 3.54. The fourth-order valence-electron chi connectivity index (χ4n) is 2.90. The number of anilines is 2. The van der Waals surface area contributed by atoms with Crippen LogP contribution in [0.5, 0.6) is 0 Å². The van der Waals surface area contributed by atoms with Crippen LogP contribution in [0.15, 0.2) is 61.1 Å². The predicted molar refractivity (Wildman–Crippen MR) is 102 cm³/mol. The van der Waals surface area contributed by atoms with Gasteiger partial charge in [0.1, 0.15) is 0 Å². The number of nitrogens with one attached hydrogen (secondary N) is 1. The molecule has 1 aliphatic rings. The summed E-state index contributed by atoms with van der Waals surface area (Å²) >= 11 is 0. The van der Waals surface area contributed by atoms with E-state index in [1.807, 2.05) is 0 Å². The Labute approximate surface area is 156 Å². The van der Waals surface area contributed by atoms with E-state index in [9.17, 15) is 13.2 Å². The minimum Gasteiger partial charge on any atom is -0.322 e. The van der Waals surface area contributed by atoms with E-state index in [-0.39, 0.29) is 11.7 Å². The Bertz CT molecular complexity index is 1050. The maximum atomic E-state index is 12.4. The van der Waals surface area contributed by atoms with Crippen molar-refractivity contribution in [1.29, 1.82) is 0 Å². The summed E-state index contributed by atoms with van der Waals surface area (Å²) in [5.41, 5.74) is 1.60. The van der Waals surface area contributed by atoms with E-state index >= 15 is 0 Å². The van der Waals surface area contributed by atoms with Gasteiger partial charge in [-0.15, -0.1) is 0 Å². The first-order valence-electron chi connectivity index (χ1n) is 8.41. The predicted octanol–water partition coefficient (Wildman–Crippen LogP) is 2.06. The molecule has 3 heterocycles. The van der Waals surface area contributed by atoms with Crippen molar-refractivity contribution in [3.63, 3.8) is 0 Å². The number of hydrogen-bond donors (Lipinski definition) is 1. The van der Waals surface area contributed by atoms with Crippen molar-refractivity contribution in [3.8, 4) is 5.82 Å². The summed E-state index contributed by atoms with van der Waals surface area (Å²) in [7, 11) is -3.21. The second-order valence-electron chi connectivity index (χ2n) is 6.10. The maximum absolute atomic E-state index is 12.4. The molecule has 0 saturated carbocycles. The highest BCUT2D eigenvalue weighted by Gasteiger charge is 2.28. The number of pyridine rings is 1. The van der Waals surface area contributed by atoms with Gasteiger partial charge >= 0.3 is 0 Å². The molecule has 1 aliphatic heterocycles. The van der Waals surface area contributed by atoms with Gasteiger partial charge in [-0.2, -0.15) is 5.10 Å². The lowest BCUT2D eigenvalue weighted by Crippen LogP contribution is -2.25. The molecule has 1 N–H and O–H groups in total. The molecular formula is C18H17N5O3S. The van der Waals surface area contributed by atoms with Crippen LogP contribution in [0.4, 0.5) is 11.4 Å². The highest BCUT2D eigenvalue weighted by molar-refractivity contribution is 7.93. The van der Waals surface area contributed by atoms with Crippen LogP contribution >= 0.6 is 0 Å². The number of carbonyl (C=O) groups is 1. The molecule has 0 radical (unpaired) electrons. The van der Waals surface area contributed by atoms with Crippen molar-refractivity contribution in [2.24, 2.45) is 0 Å². The minimum atomic E-state index is -3.21. The lowest BCUT2D eigenvalue weighted by molar-refractivity contribution is 0.102. The summed E-state index contributed by atoms with van der Waals surface area (Å²) in [5, 5.41) is 6.87. The van der Waals surface area contributed by atoms with Gasteiger partial charge in [-0.05, 0) is 48.9 Å². The van der Waals surface area contributed by atoms with Gasteiger partial charge in [-0.3, -0.25) is 9.10 Å². The third-order valence-electron chi connectivity index (χ3n) is 4.26. The molecular weight excluding hydrogens is 366 g/mol. The van der Waals surface area contributed by atoms with Crippen LogP contribution in [0.25, 0.3) is 5.82 Å². The maximum Gasteiger partial charge on any atom is 0.257 e. The van der Waals surface area contributed by atoms with E-state index in [0.717, 1.165) is 0 Å². The van der Waals surface area contributed by atoms with Gasteiger partial charge in [-0.1, -0.05) is 0 Å². The van der Waals surface area contributed by atoms with E-state index in [1.54, 1.807) is 59.5 Å². The zero-order valence-corrected chi connectivity index (χ0v) is 15.1. The first kappa shape index (κ1) is 17.2. The number of benzene rings is 1. The molecule has 0 unspecified atom stereocenters. The first-order valence-corrected chi connectivity index (χ1v) is 10.0. The van der Waals surface area contributed by atoms with Crippen molar-refractivity contribution in [2.75, 3.05) is 21.9 Å². The molecule has 0 spiro atoms. The molecule has 3 aromatic rings. The molecule has 0 bridgehead atoms. The third-order valence-corrected chi connectivity index (χ3v) is 6.13. The molecule has 27 heavy (non-hydrogen) atoms. The van der Waals surface area contributed by atoms with Crippen LogP contribution in [-0.2, 0) is 10.0 Å². The van der Waals surface area contributed by atoms with E-state index in [2.05, 4.69) is 15.4 Å². The van der Waals surface area contributed by atoms with Gasteiger partial charge in [0.2, 0.25) is 10.0 Å². The second kappa shape index (κ2) is 6.84. The van der Waals surface area contributed by atoms with E-state index in [0.29, 0.717) is 35.7 Å². The molecule has 0 atom stereocenters. The summed E-state index contributed by atoms with van der Waals surface area (Å²) in [4.78, 5) is 16.6. The Kier molecular flexibility index (Phi) is 4.36. The van der Waals surface area contributed by atoms with Crippen LogP contribution in [0.1, 0.15) is 16.8 Å². The quantitative estimate of drug-likeness (QED) is 0.744. The normalized spacial score (nSPS) is 15.6. The molecule has 1 amide bonds. The van der Waals surface area contributed by atoms with Crippen LogP contribution in [0.3, 0.4) is 0 Å². The monoisotopic (exact) mass is 383 g/mol. The van der Waals surface area contributed by atoms with E-state index < -0.39 is 10.0 Å². The van der Waals surface area contributed by atoms with Crippen LogP contribution < -0.4 is 9.62 Å². The molecule has 138 valence electrons. The zero-order valence-electron chi connectivity index (χ0n) is 14.3. The van der Waals surface area contributed by atoms with Crippen molar-refractivity contribution in [2.45, 2.75) is 6.42 Å². The Morgan fingerprint density at radius 3 is 2.52 bits per heavy atom. The Morgan fingerprint density at radius 2 is 1.93 bits per heavy atom. The topological polar surface area (TPSA) is 97.2 Å². The summed E-state index contributed by atoms with van der Waals surface area (Å²) in [6.07, 6.45) is 5.53. The second-order valence-corrected chi connectivity index (χ2v) is 8.11. The summed E-state index contributed by atoms with van der Waals surface area (Å²) in [6, 6.07) is 11.9. The molecule has 0 aliphatic carbocycles. The van der Waals surface area contributed by atoms with Gasteiger partial charge in [0, 0.05) is 30.8 Å². The molecule has 1 aromatic carbocycles. The van der Waals surface area contributed by atoms with E-state index in [4.69, 9.17) is 0 Å². The molecule has 8 nitrogen and oxygen atoms in total. The fourth-order valence-corrected chi connectivity index (χ4v) is 4.47. The number of nitrogens with zero attached hydrogens (tertiary/aromatic N) is 4. The Hall–Kier alpha value is -3.20. The molecule has 1 fully saturated rings. The van der Waals surface area contributed by atoms with E-state index in [1.165, 1.54) is 10.5 Å². The van der Waals surface area contributed by atoms with Crippen LogP contribution in [0, 0.1) is 0 Å². The summed E-state index contributed by atoms with van der Waals surface area (Å²) in [5.74, 6) is 0.497. The van der Waals surface area contributed by atoms with Crippen LogP contribution in [0.2, 0.25) is 0 Å². The highest BCUT2D eigenvalue weighted by atomic mass is 32.2. The van der Waals surface area contributed by atoms with Gasteiger partial charge in [0.15, 0.2) is 5.82 Å². The lowest BCUT2D eigenvalue weighted by Gasteiger charge is -2.17. The van der Waals surface area contributed by atoms with Gasteiger partial charge in [0.05, 0.1) is 17.0 Å². The standard InChI is InChI=1S/C18H17N5O3S/c24-18(14-3-8-17(19-13-14)22-10-1-9-20-22)21-15-4-6-16(7-5-15)23-11-2-12-27(23,25)26/h1,3-10,13H,2,11-12H2,(H,21,24). The number of rotatable bonds is 4. The molecule has 1 saturated heterocycles. The summed E-state index contributed by atoms with van der Waals surface area (Å²) in [6.45, 7) is 0.488. The Balaban J connectivity index is 1.45. The highest BCUT2D eigenvalue weighted by Crippen LogP contribution is 2.25. The molecule has 2 aromatic heterocycles. The minimum absolute atomic E-state index is 0.174. The Morgan fingerprint density at radius 1 is 1.11 bits per heavy atom. The van der Waals surface area contributed by atoms with Crippen LogP contribution in [-0.4, -0.2) is 41.4 Å². The average Bonchev–Trinajstić information content (AvgIpc) is 3.32. The lowest BCUT2D eigenvalue weighted by atomic mass is 10.2. The first-order chi connectivity index (χ1) is 13.0. The SMILES string of the molecule is O=C(Nc1ccc(N2CCCS2(=O)=O)cc1)c1ccc(-n2cccn2)nc1.